The van der Waals surface area contributed by atoms with Gasteiger partial charge in [0.2, 0.25) is 0 Å². The van der Waals surface area contributed by atoms with Crippen LogP contribution >= 0.6 is 11.6 Å². The number of halogens is 1. The van der Waals surface area contributed by atoms with Gasteiger partial charge in [0.05, 0.1) is 19.3 Å². The molecule has 0 amide bonds. The molecule has 0 radical (unpaired) electrons. The lowest BCUT2D eigenvalue weighted by Gasteiger charge is -2.15. The average Bonchev–Trinajstić information content (AvgIpc) is 2.78. The van der Waals surface area contributed by atoms with E-state index in [2.05, 4.69) is 5.32 Å². The predicted molar refractivity (Wildman–Crippen MR) is 119 cm³/mol. The van der Waals surface area contributed by atoms with Crippen LogP contribution in [0.3, 0.4) is 0 Å². The maximum Gasteiger partial charge on any atom is 0.338 e. The second-order valence-corrected chi connectivity index (χ2v) is 6.93. The zero-order valence-corrected chi connectivity index (χ0v) is 17.7. The average molecular weight is 426 g/mol. The quantitative estimate of drug-likeness (QED) is 0.444. The van der Waals surface area contributed by atoms with Gasteiger partial charge in [-0.25, -0.2) is 4.79 Å². The Kier molecular flexibility index (Phi) is 7.57. The standard InChI is InChI=1S/C24H24ClNO4/c1-3-29-24(27)18-9-11-20(12-10-18)26-15-19-13-22(28-2)23(14-21(19)25)30-16-17-7-5-4-6-8-17/h4-14,26H,3,15-16H2,1-2H3. The molecule has 0 aliphatic carbocycles. The van der Waals surface area contributed by atoms with Crippen LogP contribution in [-0.2, 0) is 17.9 Å². The molecular formula is C24H24ClNO4. The normalized spacial score (nSPS) is 10.4. The van der Waals surface area contributed by atoms with Gasteiger partial charge in [0.25, 0.3) is 0 Å². The molecule has 0 saturated heterocycles. The number of ether oxygens (including phenoxy) is 3. The summed E-state index contributed by atoms with van der Waals surface area (Å²) in [5, 5.41) is 3.87. The van der Waals surface area contributed by atoms with Crippen molar-refractivity contribution in [3.8, 4) is 11.5 Å². The van der Waals surface area contributed by atoms with Crippen molar-refractivity contribution in [3.05, 3.63) is 88.4 Å². The van der Waals surface area contributed by atoms with Crippen LogP contribution in [0.1, 0.15) is 28.4 Å². The molecule has 0 unspecified atom stereocenters. The molecule has 0 aromatic heterocycles. The van der Waals surface area contributed by atoms with Gasteiger partial charge >= 0.3 is 5.97 Å². The topological polar surface area (TPSA) is 56.8 Å². The molecule has 30 heavy (non-hydrogen) atoms. The Hall–Kier alpha value is -3.18. The highest BCUT2D eigenvalue weighted by Crippen LogP contribution is 2.34. The van der Waals surface area contributed by atoms with Crippen molar-refractivity contribution in [1.82, 2.24) is 0 Å². The molecule has 0 atom stereocenters. The molecule has 0 saturated carbocycles. The van der Waals surface area contributed by atoms with Gasteiger partial charge in [-0.1, -0.05) is 41.9 Å². The number of esters is 1. The lowest BCUT2D eigenvalue weighted by Crippen LogP contribution is -2.05. The molecule has 6 heteroatoms. The summed E-state index contributed by atoms with van der Waals surface area (Å²) in [6, 6.07) is 20.6. The maximum absolute atomic E-state index is 11.7. The van der Waals surface area contributed by atoms with E-state index >= 15 is 0 Å². The minimum absolute atomic E-state index is 0.331. The van der Waals surface area contributed by atoms with E-state index in [0.717, 1.165) is 16.8 Å². The lowest BCUT2D eigenvalue weighted by atomic mass is 10.1. The fraction of sp³-hybridized carbons (Fsp3) is 0.208. The second-order valence-electron chi connectivity index (χ2n) is 6.52. The highest BCUT2D eigenvalue weighted by molar-refractivity contribution is 6.31. The first-order valence-electron chi connectivity index (χ1n) is 9.65. The van der Waals surface area contributed by atoms with Crippen molar-refractivity contribution in [2.24, 2.45) is 0 Å². The summed E-state index contributed by atoms with van der Waals surface area (Å²) in [6.45, 7) is 3.05. The minimum atomic E-state index is -0.331. The number of methoxy groups -OCH3 is 1. The Morgan fingerprint density at radius 2 is 1.73 bits per heavy atom. The number of carbonyl (C=O) groups excluding carboxylic acids is 1. The Labute approximate surface area is 181 Å². The van der Waals surface area contributed by atoms with Crippen LogP contribution < -0.4 is 14.8 Å². The summed E-state index contributed by atoms with van der Waals surface area (Å²) in [5.41, 5.74) is 3.31. The van der Waals surface area contributed by atoms with Gasteiger partial charge < -0.3 is 19.5 Å². The largest absolute Gasteiger partial charge is 0.493 e. The SMILES string of the molecule is CCOC(=O)c1ccc(NCc2cc(OC)c(OCc3ccccc3)cc2Cl)cc1. The van der Waals surface area contributed by atoms with Crippen LogP contribution in [0.5, 0.6) is 11.5 Å². The first-order valence-corrected chi connectivity index (χ1v) is 10.0. The first-order chi connectivity index (χ1) is 14.6. The zero-order chi connectivity index (χ0) is 21.3. The molecule has 1 N–H and O–H groups in total. The third-order valence-corrected chi connectivity index (χ3v) is 4.80. The summed E-state index contributed by atoms with van der Waals surface area (Å²) in [6.07, 6.45) is 0. The minimum Gasteiger partial charge on any atom is -0.493 e. The molecule has 0 heterocycles. The van der Waals surface area contributed by atoms with Crippen molar-refractivity contribution in [1.29, 1.82) is 0 Å². The molecule has 0 aliphatic rings. The molecule has 3 rings (SSSR count). The molecule has 0 aliphatic heterocycles. The van der Waals surface area contributed by atoms with Gasteiger partial charge in [-0.15, -0.1) is 0 Å². The van der Waals surface area contributed by atoms with E-state index in [1.807, 2.05) is 48.5 Å². The van der Waals surface area contributed by atoms with E-state index in [9.17, 15) is 4.79 Å². The van der Waals surface area contributed by atoms with Gasteiger partial charge in [-0.3, -0.25) is 0 Å². The van der Waals surface area contributed by atoms with Crippen LogP contribution in [0.25, 0.3) is 0 Å². The van der Waals surface area contributed by atoms with Crippen molar-refractivity contribution < 1.29 is 19.0 Å². The highest BCUT2D eigenvalue weighted by Gasteiger charge is 2.12. The Morgan fingerprint density at radius 3 is 2.40 bits per heavy atom. The lowest BCUT2D eigenvalue weighted by molar-refractivity contribution is 0.0526. The maximum atomic E-state index is 11.7. The molecule has 0 fully saturated rings. The summed E-state index contributed by atoms with van der Waals surface area (Å²) in [7, 11) is 1.60. The van der Waals surface area contributed by atoms with E-state index in [-0.39, 0.29) is 5.97 Å². The Balaban J connectivity index is 1.65. The third-order valence-electron chi connectivity index (χ3n) is 4.45. The van der Waals surface area contributed by atoms with Gasteiger partial charge in [-0.05, 0) is 48.4 Å². The molecule has 5 nitrogen and oxygen atoms in total. The van der Waals surface area contributed by atoms with Crippen LogP contribution in [0.4, 0.5) is 5.69 Å². The van der Waals surface area contributed by atoms with Crippen LogP contribution in [0, 0.1) is 0 Å². The predicted octanol–water partition coefficient (Wildman–Crippen LogP) is 5.72. The monoisotopic (exact) mass is 425 g/mol. The van der Waals surface area contributed by atoms with E-state index in [1.165, 1.54) is 0 Å². The smallest absolute Gasteiger partial charge is 0.338 e. The van der Waals surface area contributed by atoms with Crippen molar-refractivity contribution in [2.75, 3.05) is 19.0 Å². The molecule has 156 valence electrons. The van der Waals surface area contributed by atoms with Crippen molar-refractivity contribution >= 4 is 23.3 Å². The van der Waals surface area contributed by atoms with Crippen LogP contribution in [0.15, 0.2) is 66.7 Å². The van der Waals surface area contributed by atoms with Gasteiger partial charge in [0.1, 0.15) is 6.61 Å². The molecule has 0 spiro atoms. The van der Waals surface area contributed by atoms with Gasteiger partial charge in [0, 0.05) is 23.3 Å². The van der Waals surface area contributed by atoms with E-state index in [1.54, 1.807) is 32.2 Å². The van der Waals surface area contributed by atoms with Gasteiger partial charge in [0.15, 0.2) is 11.5 Å². The summed E-state index contributed by atoms with van der Waals surface area (Å²) in [5.74, 6) is 0.876. The van der Waals surface area contributed by atoms with Crippen LogP contribution in [-0.4, -0.2) is 19.7 Å². The number of rotatable bonds is 9. The fourth-order valence-corrected chi connectivity index (χ4v) is 3.08. The highest BCUT2D eigenvalue weighted by atomic mass is 35.5. The van der Waals surface area contributed by atoms with E-state index in [4.69, 9.17) is 25.8 Å². The summed E-state index contributed by atoms with van der Waals surface area (Å²) < 4.78 is 16.4. The molecule has 3 aromatic rings. The number of nitrogens with one attached hydrogen (secondary N) is 1. The first kappa shape index (κ1) is 21.5. The van der Waals surface area contributed by atoms with Crippen molar-refractivity contribution in [3.63, 3.8) is 0 Å². The van der Waals surface area contributed by atoms with E-state index in [0.29, 0.717) is 41.8 Å². The number of benzene rings is 3. The number of anilines is 1. The Morgan fingerprint density at radius 1 is 1.00 bits per heavy atom. The molecule has 3 aromatic carbocycles. The zero-order valence-electron chi connectivity index (χ0n) is 17.0. The number of carbonyl (C=O) groups is 1. The fourth-order valence-electron chi connectivity index (χ4n) is 2.86. The molecule has 0 bridgehead atoms. The Bertz CT molecular complexity index is 975. The summed E-state index contributed by atoms with van der Waals surface area (Å²) >= 11 is 6.47. The van der Waals surface area contributed by atoms with Gasteiger partial charge in [-0.2, -0.15) is 0 Å². The number of hydrogen-bond acceptors (Lipinski definition) is 5. The van der Waals surface area contributed by atoms with Crippen molar-refractivity contribution in [2.45, 2.75) is 20.1 Å². The number of hydrogen-bond donors (Lipinski definition) is 1. The molecular weight excluding hydrogens is 402 g/mol. The van der Waals surface area contributed by atoms with E-state index < -0.39 is 0 Å². The third kappa shape index (κ3) is 5.67. The second kappa shape index (κ2) is 10.6. The summed E-state index contributed by atoms with van der Waals surface area (Å²) in [4.78, 5) is 11.7. The van der Waals surface area contributed by atoms with Crippen LogP contribution in [0.2, 0.25) is 5.02 Å².